The highest BCUT2D eigenvalue weighted by Crippen LogP contribution is 2.35. The quantitative estimate of drug-likeness (QED) is 0.198. The molecule has 2 aromatic heterocycles. The van der Waals surface area contributed by atoms with Crippen LogP contribution in [0.5, 0.6) is 5.75 Å². The van der Waals surface area contributed by atoms with Crippen molar-refractivity contribution in [2.45, 2.75) is 63.6 Å². The van der Waals surface area contributed by atoms with Gasteiger partial charge >= 0.3 is 11.9 Å². The average molecular weight is 649 g/mol. The Bertz CT molecular complexity index is 1590. The van der Waals surface area contributed by atoms with Crippen molar-refractivity contribution < 1.29 is 31.2 Å². The van der Waals surface area contributed by atoms with Crippen LogP contribution in [-0.4, -0.2) is 44.9 Å². The lowest BCUT2D eigenvalue weighted by Gasteiger charge is -2.33. The van der Waals surface area contributed by atoms with E-state index < -0.39 is 41.2 Å². The van der Waals surface area contributed by atoms with Gasteiger partial charge in [0.25, 0.3) is 0 Å². The number of fused-ring (bicyclic) bond motifs is 3. The van der Waals surface area contributed by atoms with Gasteiger partial charge in [0.05, 0.1) is 17.1 Å². The van der Waals surface area contributed by atoms with Gasteiger partial charge < -0.3 is 24.5 Å². The Balaban J connectivity index is 0.00000212. The van der Waals surface area contributed by atoms with Crippen LogP contribution in [0.4, 0.5) is 28.0 Å². The van der Waals surface area contributed by atoms with Crippen LogP contribution in [0.25, 0.3) is 11.0 Å². The predicted molar refractivity (Wildman–Crippen MR) is 154 cm³/mol. The summed E-state index contributed by atoms with van der Waals surface area (Å²) >= 11 is 0. The maximum absolute atomic E-state index is 14.5. The lowest BCUT2D eigenvalue weighted by molar-refractivity contribution is 0.00559. The van der Waals surface area contributed by atoms with E-state index in [-0.39, 0.29) is 54.8 Å². The summed E-state index contributed by atoms with van der Waals surface area (Å²) in [5, 5.41) is 3.39. The molecule has 0 amide bonds. The number of anilines is 1. The molecule has 2 aromatic carbocycles. The molecule has 0 radical (unpaired) electrons. The number of nitrogens with zero attached hydrogens (tertiary/aromatic N) is 5. The number of halogens is 7. The summed E-state index contributed by atoms with van der Waals surface area (Å²) in [6, 6.07) is 6.62. The van der Waals surface area contributed by atoms with Gasteiger partial charge in [-0.2, -0.15) is 13.8 Å². The summed E-state index contributed by atoms with van der Waals surface area (Å²) in [6.07, 6.45) is 1.66. The van der Waals surface area contributed by atoms with Gasteiger partial charge in [0.2, 0.25) is 5.82 Å². The van der Waals surface area contributed by atoms with Crippen molar-refractivity contribution in [3.63, 3.8) is 0 Å². The molecule has 0 aliphatic carbocycles. The van der Waals surface area contributed by atoms with Gasteiger partial charge in [-0.25, -0.2) is 18.2 Å². The predicted octanol–water partition coefficient (Wildman–Crippen LogP) is 6.14. The summed E-state index contributed by atoms with van der Waals surface area (Å²) in [6.45, 7) is 4.21. The van der Waals surface area contributed by atoms with Crippen LogP contribution in [0.1, 0.15) is 49.8 Å². The Kier molecular flexibility index (Phi) is 9.48. The lowest BCUT2D eigenvalue weighted by Crippen LogP contribution is -2.39. The van der Waals surface area contributed by atoms with Crippen LogP contribution < -0.4 is 15.4 Å². The molecule has 0 unspecified atom stereocenters. The van der Waals surface area contributed by atoms with E-state index in [1.807, 2.05) is 29.7 Å². The number of hydrogen-bond acceptors (Lipinski definition) is 7. The third kappa shape index (κ3) is 6.39. The topological polar surface area (TPSA) is 95.2 Å². The third-order valence-electron chi connectivity index (χ3n) is 8.15. The summed E-state index contributed by atoms with van der Waals surface area (Å²) in [4.78, 5) is 10.4. The molecule has 2 aliphatic rings. The second-order valence-corrected chi connectivity index (χ2v) is 11.0. The number of ether oxygens (including phenoxy) is 1. The molecule has 1 fully saturated rings. The van der Waals surface area contributed by atoms with Gasteiger partial charge in [-0.05, 0) is 49.4 Å². The molecule has 0 saturated carbocycles. The smallest absolute Gasteiger partial charge is 0.324 e. The van der Waals surface area contributed by atoms with Crippen LogP contribution in [0.3, 0.4) is 0 Å². The first kappa shape index (κ1) is 32.7. The first-order chi connectivity index (χ1) is 19.5. The average Bonchev–Trinajstić information content (AvgIpc) is 3.56. The maximum Gasteiger partial charge on any atom is 0.324 e. The highest BCUT2D eigenvalue weighted by atomic mass is 35.5. The van der Waals surface area contributed by atoms with E-state index in [0.29, 0.717) is 42.8 Å². The molecule has 43 heavy (non-hydrogen) atoms. The standard InChI is InChI=1S/C28H29F5N6O2.2ClH/c1-14(15-5-7-38(8-6-15)27-36-26(37-41-27)28(2,32)33)40-16-3-4-24-23(9-16)35-25-11-18(22(34)13-39(24)25)17-10-20(30)21(31)12-19(17)29;;/h3-4,9-10,12,14-15,18,22H,5-8,11,13,34H2,1-2H3;2*1H/t14-,18+,22-;;/m0../s1. The number of rotatable bonds is 6. The highest BCUT2D eigenvalue weighted by molar-refractivity contribution is 5.85. The van der Waals surface area contributed by atoms with Crippen LogP contribution >= 0.6 is 24.8 Å². The van der Waals surface area contributed by atoms with E-state index >= 15 is 0 Å². The van der Waals surface area contributed by atoms with Crippen molar-refractivity contribution >= 4 is 41.9 Å². The molecule has 4 aromatic rings. The Morgan fingerprint density at radius 2 is 1.72 bits per heavy atom. The number of hydrogen-bond donors (Lipinski definition) is 1. The van der Waals surface area contributed by atoms with Crippen LogP contribution in [0.2, 0.25) is 0 Å². The molecular weight excluding hydrogens is 618 g/mol. The molecule has 0 spiro atoms. The first-order valence-corrected chi connectivity index (χ1v) is 13.5. The molecule has 15 heteroatoms. The minimum Gasteiger partial charge on any atom is -0.490 e. The van der Waals surface area contributed by atoms with Gasteiger partial charge in [-0.1, -0.05) is 5.16 Å². The molecule has 234 valence electrons. The van der Waals surface area contributed by atoms with Gasteiger partial charge in [-0.3, -0.25) is 0 Å². The van der Waals surface area contributed by atoms with E-state index in [1.165, 1.54) is 0 Å². The number of imidazole rings is 1. The summed E-state index contributed by atoms with van der Waals surface area (Å²) in [5.74, 6) is -5.97. The van der Waals surface area contributed by atoms with Gasteiger partial charge in [0.15, 0.2) is 11.6 Å². The normalized spacial score (nSPS) is 19.9. The van der Waals surface area contributed by atoms with E-state index in [2.05, 4.69) is 10.1 Å². The van der Waals surface area contributed by atoms with Crippen molar-refractivity contribution in [2.24, 2.45) is 11.7 Å². The molecule has 8 nitrogen and oxygen atoms in total. The Labute approximate surface area is 256 Å². The zero-order valence-electron chi connectivity index (χ0n) is 23.3. The zero-order valence-corrected chi connectivity index (χ0v) is 24.9. The molecule has 4 heterocycles. The molecule has 6 rings (SSSR count). The number of benzene rings is 2. The minimum atomic E-state index is -3.16. The molecule has 1 saturated heterocycles. The summed E-state index contributed by atoms with van der Waals surface area (Å²) in [5.41, 5.74) is 7.96. The lowest BCUT2D eigenvalue weighted by atomic mass is 9.86. The number of piperidine rings is 1. The van der Waals surface area contributed by atoms with Crippen LogP contribution in [-0.2, 0) is 18.9 Å². The van der Waals surface area contributed by atoms with E-state index in [0.717, 1.165) is 31.3 Å². The number of nitrogens with two attached hydrogens (primary N) is 1. The fourth-order valence-electron chi connectivity index (χ4n) is 5.83. The van der Waals surface area contributed by atoms with Gasteiger partial charge in [0, 0.05) is 57.1 Å². The SMILES string of the molecule is C[C@H](Oc1ccc2c(c1)nc1n2C[C@H](N)[C@@H](c2cc(F)c(F)cc2F)C1)C1CCN(c2nc(C(C)(F)F)no2)CC1.Cl.Cl. The maximum atomic E-state index is 14.5. The third-order valence-corrected chi connectivity index (χ3v) is 8.15. The second-order valence-electron chi connectivity index (χ2n) is 11.0. The second kappa shape index (κ2) is 12.4. The summed E-state index contributed by atoms with van der Waals surface area (Å²) < 4.78 is 82.0. The van der Waals surface area contributed by atoms with Gasteiger partial charge in [0.1, 0.15) is 17.4 Å². The molecule has 0 bridgehead atoms. The Hall–Kier alpha value is -3.16. The molecule has 2 N–H and O–H groups in total. The first-order valence-electron chi connectivity index (χ1n) is 13.5. The van der Waals surface area contributed by atoms with Crippen molar-refractivity contribution in [1.82, 2.24) is 19.7 Å². The van der Waals surface area contributed by atoms with Crippen LogP contribution in [0, 0.1) is 23.4 Å². The fraction of sp³-hybridized carbons (Fsp3) is 0.464. The van der Waals surface area contributed by atoms with Crippen molar-refractivity contribution in [2.75, 3.05) is 18.0 Å². The number of alkyl halides is 2. The van der Waals surface area contributed by atoms with Crippen molar-refractivity contribution in [1.29, 1.82) is 0 Å². The summed E-state index contributed by atoms with van der Waals surface area (Å²) in [7, 11) is 0. The van der Waals surface area contributed by atoms with E-state index in [1.54, 1.807) is 4.90 Å². The molecular formula is C28H31Cl2F5N6O2. The largest absolute Gasteiger partial charge is 0.490 e. The van der Waals surface area contributed by atoms with E-state index in [9.17, 15) is 22.0 Å². The van der Waals surface area contributed by atoms with Crippen molar-refractivity contribution in [3.05, 3.63) is 65.0 Å². The van der Waals surface area contributed by atoms with Crippen molar-refractivity contribution in [3.8, 4) is 5.75 Å². The zero-order chi connectivity index (χ0) is 29.1. The highest BCUT2D eigenvalue weighted by Gasteiger charge is 2.34. The monoisotopic (exact) mass is 648 g/mol. The van der Waals surface area contributed by atoms with E-state index in [4.69, 9.17) is 20.0 Å². The molecule has 3 atom stereocenters. The van der Waals surface area contributed by atoms with Crippen LogP contribution in [0.15, 0.2) is 34.9 Å². The fourth-order valence-corrected chi connectivity index (χ4v) is 5.83. The van der Waals surface area contributed by atoms with Gasteiger partial charge in [-0.15, -0.1) is 24.8 Å². The Morgan fingerprint density at radius 3 is 2.40 bits per heavy atom. The Morgan fingerprint density at radius 1 is 1.02 bits per heavy atom. The number of aromatic nitrogens is 4. The minimum absolute atomic E-state index is 0. The molecule has 2 aliphatic heterocycles.